The Morgan fingerprint density at radius 2 is 2.03 bits per heavy atom. The van der Waals surface area contributed by atoms with Crippen LogP contribution in [0.5, 0.6) is 0 Å². The highest BCUT2D eigenvalue weighted by Gasteiger charge is 2.45. The highest BCUT2D eigenvalue weighted by molar-refractivity contribution is 9.10. The molecule has 2 aliphatic rings. The van der Waals surface area contributed by atoms with E-state index in [1.54, 1.807) is 12.1 Å². The van der Waals surface area contributed by atoms with E-state index in [-0.39, 0.29) is 27.9 Å². The minimum atomic E-state index is -4.04. The zero-order chi connectivity index (χ0) is 21.2. The van der Waals surface area contributed by atoms with Crippen molar-refractivity contribution in [3.05, 3.63) is 28.2 Å². The normalized spacial score (nSPS) is 24.0. The summed E-state index contributed by atoms with van der Waals surface area (Å²) in [5, 5.41) is 12.3. The molecule has 1 saturated heterocycles. The Morgan fingerprint density at radius 3 is 2.63 bits per heavy atom. The summed E-state index contributed by atoms with van der Waals surface area (Å²) >= 11 is 4.73. The first-order valence-electron chi connectivity index (χ1n) is 9.71. The SMILES string of the molecule is Br.CCN1C(=NC2CCCCC2)SCC1(O)c1ccc(Br)c(S(=O)(=O)NC(C)=O)c1. The van der Waals surface area contributed by atoms with Crippen LogP contribution in [0.25, 0.3) is 0 Å². The largest absolute Gasteiger partial charge is 0.366 e. The van der Waals surface area contributed by atoms with Crippen molar-refractivity contribution in [2.75, 3.05) is 12.3 Å². The van der Waals surface area contributed by atoms with Crippen LogP contribution in [0.3, 0.4) is 0 Å². The molecule has 0 aromatic heterocycles. The fourth-order valence-corrected chi connectivity index (χ4v) is 7.08. The first kappa shape index (κ1) is 25.6. The van der Waals surface area contributed by atoms with Gasteiger partial charge in [-0.25, -0.2) is 13.1 Å². The van der Waals surface area contributed by atoms with Crippen LogP contribution in [0, 0.1) is 0 Å². The van der Waals surface area contributed by atoms with Crippen LogP contribution in [0.4, 0.5) is 0 Å². The van der Waals surface area contributed by atoms with E-state index >= 15 is 0 Å². The summed E-state index contributed by atoms with van der Waals surface area (Å²) in [4.78, 5) is 17.9. The molecule has 11 heteroatoms. The number of carbonyl (C=O) groups is 1. The van der Waals surface area contributed by atoms with E-state index in [9.17, 15) is 18.3 Å². The number of hydrogen-bond donors (Lipinski definition) is 2. The standard InChI is InChI=1S/C19H26BrN3O4S2.BrH/c1-3-23-18(21-15-7-5-4-6-8-15)28-12-19(23,25)14-9-10-16(20)17(11-14)29(26,27)22-13(2)24;/h9-11,15,25H,3-8,12H2,1-2H3,(H,22,24);1H. The lowest BCUT2D eigenvalue weighted by Crippen LogP contribution is -2.45. The first-order valence-corrected chi connectivity index (χ1v) is 13.0. The number of rotatable bonds is 5. The molecule has 2 fully saturated rings. The van der Waals surface area contributed by atoms with Gasteiger partial charge < -0.3 is 10.0 Å². The Hall–Kier alpha value is -0.620. The number of sulfonamides is 1. The number of aliphatic hydroxyl groups is 1. The van der Waals surface area contributed by atoms with Gasteiger partial charge in [-0.15, -0.1) is 17.0 Å². The van der Waals surface area contributed by atoms with Crippen molar-refractivity contribution in [1.29, 1.82) is 0 Å². The molecule has 0 bridgehead atoms. The van der Waals surface area contributed by atoms with Gasteiger partial charge in [0.05, 0.1) is 11.8 Å². The van der Waals surface area contributed by atoms with Crippen molar-refractivity contribution in [3.8, 4) is 0 Å². The summed E-state index contributed by atoms with van der Waals surface area (Å²) in [6.45, 7) is 3.63. The van der Waals surface area contributed by atoms with Gasteiger partial charge in [0.2, 0.25) is 5.91 Å². The summed E-state index contributed by atoms with van der Waals surface area (Å²) in [6.07, 6.45) is 5.74. The molecule has 1 aliphatic heterocycles. The maximum absolute atomic E-state index is 12.5. The van der Waals surface area contributed by atoms with E-state index in [0.717, 1.165) is 24.9 Å². The average Bonchev–Trinajstić information content (AvgIpc) is 2.98. The lowest BCUT2D eigenvalue weighted by atomic mass is 9.96. The van der Waals surface area contributed by atoms with Crippen molar-refractivity contribution < 1.29 is 18.3 Å². The van der Waals surface area contributed by atoms with Crippen molar-refractivity contribution in [1.82, 2.24) is 9.62 Å². The number of halogens is 2. The third-order valence-corrected chi connectivity index (χ3v) is 8.78. The van der Waals surface area contributed by atoms with Crippen molar-refractivity contribution in [2.24, 2.45) is 4.99 Å². The van der Waals surface area contributed by atoms with Crippen molar-refractivity contribution in [2.45, 2.75) is 62.6 Å². The van der Waals surface area contributed by atoms with E-state index in [4.69, 9.17) is 4.99 Å². The van der Waals surface area contributed by atoms with Gasteiger partial charge >= 0.3 is 0 Å². The molecule has 1 amide bonds. The minimum absolute atomic E-state index is 0. The molecule has 1 saturated carbocycles. The Labute approximate surface area is 201 Å². The zero-order valence-electron chi connectivity index (χ0n) is 16.9. The fraction of sp³-hybridized carbons (Fsp3) is 0.579. The van der Waals surface area contributed by atoms with Gasteiger partial charge in [-0.1, -0.05) is 37.1 Å². The number of thioether (sulfide) groups is 1. The molecule has 1 heterocycles. The van der Waals surface area contributed by atoms with Crippen LogP contribution in [0.15, 0.2) is 32.6 Å². The van der Waals surface area contributed by atoms with E-state index in [1.165, 1.54) is 37.1 Å². The van der Waals surface area contributed by atoms with Gasteiger partial charge in [-0.05, 0) is 47.8 Å². The predicted octanol–water partition coefficient (Wildman–Crippen LogP) is 3.75. The monoisotopic (exact) mass is 583 g/mol. The summed E-state index contributed by atoms with van der Waals surface area (Å²) in [5.74, 6) is -0.317. The van der Waals surface area contributed by atoms with Crippen LogP contribution in [-0.4, -0.2) is 47.8 Å². The molecule has 1 aliphatic carbocycles. The number of carbonyl (C=O) groups excluding carboxylic acids is 1. The van der Waals surface area contributed by atoms with Gasteiger partial charge in [-0.3, -0.25) is 9.79 Å². The zero-order valence-corrected chi connectivity index (χ0v) is 21.9. The van der Waals surface area contributed by atoms with Crippen LogP contribution in [0.2, 0.25) is 0 Å². The molecule has 1 aromatic carbocycles. The quantitative estimate of drug-likeness (QED) is 0.547. The Morgan fingerprint density at radius 1 is 1.37 bits per heavy atom. The van der Waals surface area contributed by atoms with Gasteiger partial charge in [0.15, 0.2) is 10.9 Å². The maximum Gasteiger partial charge on any atom is 0.265 e. The van der Waals surface area contributed by atoms with Crippen LogP contribution in [0.1, 0.15) is 51.5 Å². The Balaban J connectivity index is 0.00000320. The molecule has 0 radical (unpaired) electrons. The molecule has 1 aromatic rings. The van der Waals surface area contributed by atoms with E-state index in [1.807, 2.05) is 16.5 Å². The second kappa shape index (κ2) is 10.3. The van der Waals surface area contributed by atoms with Crippen LogP contribution in [-0.2, 0) is 20.5 Å². The molecule has 30 heavy (non-hydrogen) atoms. The Bertz CT molecular complexity index is 920. The lowest BCUT2D eigenvalue weighted by Gasteiger charge is -2.34. The summed E-state index contributed by atoms with van der Waals surface area (Å²) in [5.41, 5.74) is -0.915. The molecular formula is C19H27Br2N3O4S2. The fourth-order valence-electron chi connectivity index (χ4n) is 3.79. The van der Waals surface area contributed by atoms with Gasteiger partial charge in [0.25, 0.3) is 10.0 Å². The van der Waals surface area contributed by atoms with Crippen molar-refractivity contribution in [3.63, 3.8) is 0 Å². The molecule has 168 valence electrons. The number of amides is 1. The topological polar surface area (TPSA) is 99.1 Å². The van der Waals surface area contributed by atoms with Crippen LogP contribution < -0.4 is 4.72 Å². The number of nitrogens with one attached hydrogen (secondary N) is 1. The van der Waals surface area contributed by atoms with E-state index < -0.39 is 21.7 Å². The number of benzene rings is 1. The highest BCUT2D eigenvalue weighted by Crippen LogP contribution is 2.41. The second-order valence-corrected chi connectivity index (χ2v) is 10.8. The molecule has 3 rings (SSSR count). The number of hydrogen-bond acceptors (Lipinski definition) is 6. The first-order chi connectivity index (χ1) is 13.7. The number of amidine groups is 1. The molecule has 1 unspecified atom stereocenters. The van der Waals surface area contributed by atoms with Crippen molar-refractivity contribution >= 4 is 65.8 Å². The molecular weight excluding hydrogens is 558 g/mol. The molecule has 0 spiro atoms. The summed E-state index contributed by atoms with van der Waals surface area (Å²) in [6, 6.07) is 4.98. The molecule has 2 N–H and O–H groups in total. The Kier molecular flexibility index (Phi) is 8.83. The average molecular weight is 585 g/mol. The molecule has 7 nitrogen and oxygen atoms in total. The summed E-state index contributed by atoms with van der Waals surface area (Å²) < 4.78 is 27.4. The van der Waals surface area contributed by atoms with Gasteiger partial charge in [0.1, 0.15) is 4.90 Å². The van der Waals surface area contributed by atoms with Crippen LogP contribution >= 0.6 is 44.7 Å². The molecule has 1 atom stereocenters. The lowest BCUT2D eigenvalue weighted by molar-refractivity contribution is -0.117. The number of aliphatic imine (C=N–C) groups is 1. The second-order valence-electron chi connectivity index (χ2n) is 7.36. The predicted molar refractivity (Wildman–Crippen MR) is 129 cm³/mol. The maximum atomic E-state index is 12.5. The minimum Gasteiger partial charge on any atom is -0.366 e. The van der Waals surface area contributed by atoms with Gasteiger partial charge in [-0.2, -0.15) is 0 Å². The van der Waals surface area contributed by atoms with E-state index in [0.29, 0.717) is 22.3 Å². The third-order valence-electron chi connectivity index (χ3n) is 5.23. The summed E-state index contributed by atoms with van der Waals surface area (Å²) in [7, 11) is -4.04. The van der Waals surface area contributed by atoms with E-state index in [2.05, 4.69) is 15.9 Å². The highest BCUT2D eigenvalue weighted by atomic mass is 79.9. The smallest absolute Gasteiger partial charge is 0.265 e. The van der Waals surface area contributed by atoms with Gasteiger partial charge in [0, 0.05) is 23.5 Å². The number of nitrogens with zero attached hydrogens (tertiary/aromatic N) is 2. The third kappa shape index (κ3) is 5.40.